The molecular formula is C23H16ClNO2. The Morgan fingerprint density at radius 2 is 1.22 bits per heavy atom. The summed E-state index contributed by atoms with van der Waals surface area (Å²) in [4.78, 5) is 26.3. The van der Waals surface area contributed by atoms with Crippen LogP contribution in [-0.4, -0.2) is 11.7 Å². The maximum Gasteiger partial charge on any atom is 0.265 e. The van der Waals surface area contributed by atoms with Crippen LogP contribution in [0.3, 0.4) is 0 Å². The standard InChI is InChI=1S/C23H16ClNO2/c24-23(18-12-6-2-7-13-18)21(26)16-20(17-10-4-1-5-11-17)25(22(23)27)19-14-8-3-9-15-19/h1-16H. The summed E-state index contributed by atoms with van der Waals surface area (Å²) in [5, 5.41) is 0. The maximum absolute atomic E-state index is 13.6. The van der Waals surface area contributed by atoms with Crippen LogP contribution in [0, 0.1) is 0 Å². The summed E-state index contributed by atoms with van der Waals surface area (Å²) in [5.74, 6) is -0.917. The van der Waals surface area contributed by atoms with Crippen molar-refractivity contribution < 1.29 is 9.59 Å². The molecule has 0 spiro atoms. The number of para-hydroxylation sites is 1. The number of rotatable bonds is 3. The minimum atomic E-state index is -1.78. The van der Waals surface area contributed by atoms with Gasteiger partial charge in [0.1, 0.15) is 0 Å². The highest BCUT2D eigenvalue weighted by Crippen LogP contribution is 2.42. The number of ketones is 1. The largest absolute Gasteiger partial charge is 0.292 e. The smallest absolute Gasteiger partial charge is 0.265 e. The fourth-order valence-corrected chi connectivity index (χ4v) is 3.51. The molecule has 1 aliphatic rings. The average Bonchev–Trinajstić information content (AvgIpc) is 2.73. The van der Waals surface area contributed by atoms with Crippen molar-refractivity contribution in [2.75, 3.05) is 4.90 Å². The summed E-state index contributed by atoms with van der Waals surface area (Å²) >= 11 is 6.71. The molecule has 0 fully saturated rings. The molecule has 0 radical (unpaired) electrons. The number of carbonyl (C=O) groups is 2. The molecule has 27 heavy (non-hydrogen) atoms. The van der Waals surface area contributed by atoms with Gasteiger partial charge in [0.05, 0.1) is 5.70 Å². The molecule has 4 heteroatoms. The molecule has 0 aromatic heterocycles. The fraction of sp³-hybridized carbons (Fsp3) is 0.0435. The van der Waals surface area contributed by atoms with Gasteiger partial charge in [-0.15, -0.1) is 0 Å². The summed E-state index contributed by atoms with van der Waals surface area (Å²) in [6.45, 7) is 0. The Hall–Kier alpha value is -3.17. The van der Waals surface area contributed by atoms with Gasteiger partial charge in [-0.25, -0.2) is 0 Å². The van der Waals surface area contributed by atoms with Crippen molar-refractivity contribution >= 4 is 34.7 Å². The Bertz CT molecular complexity index is 1020. The zero-order valence-electron chi connectivity index (χ0n) is 14.4. The molecular weight excluding hydrogens is 358 g/mol. The van der Waals surface area contributed by atoms with E-state index in [0.29, 0.717) is 16.9 Å². The van der Waals surface area contributed by atoms with Gasteiger partial charge >= 0.3 is 0 Å². The number of hydrogen-bond donors (Lipinski definition) is 0. The second kappa shape index (κ2) is 6.86. The minimum absolute atomic E-state index is 0.439. The normalized spacial score (nSPS) is 19.7. The maximum atomic E-state index is 13.6. The van der Waals surface area contributed by atoms with Gasteiger partial charge in [0.15, 0.2) is 5.78 Å². The van der Waals surface area contributed by atoms with E-state index in [9.17, 15) is 9.59 Å². The number of benzene rings is 3. The van der Waals surface area contributed by atoms with Crippen LogP contribution in [0.25, 0.3) is 5.70 Å². The highest BCUT2D eigenvalue weighted by atomic mass is 35.5. The van der Waals surface area contributed by atoms with Crippen LogP contribution in [0.2, 0.25) is 0 Å². The van der Waals surface area contributed by atoms with Crippen LogP contribution in [0.4, 0.5) is 5.69 Å². The first-order chi connectivity index (χ1) is 13.1. The number of halogens is 1. The summed E-state index contributed by atoms with van der Waals surface area (Å²) in [6, 6.07) is 27.3. The van der Waals surface area contributed by atoms with Crippen LogP contribution in [0.5, 0.6) is 0 Å². The van der Waals surface area contributed by atoms with E-state index in [0.717, 1.165) is 5.56 Å². The van der Waals surface area contributed by atoms with Crippen molar-refractivity contribution in [1.82, 2.24) is 0 Å². The third-order valence-electron chi connectivity index (χ3n) is 4.60. The Morgan fingerprint density at radius 1 is 0.704 bits per heavy atom. The van der Waals surface area contributed by atoms with Crippen LogP contribution in [-0.2, 0) is 14.5 Å². The molecule has 0 bridgehead atoms. The second-order valence-corrected chi connectivity index (χ2v) is 6.83. The monoisotopic (exact) mass is 373 g/mol. The molecule has 4 rings (SSSR count). The van der Waals surface area contributed by atoms with E-state index >= 15 is 0 Å². The van der Waals surface area contributed by atoms with Crippen LogP contribution in [0.1, 0.15) is 11.1 Å². The Morgan fingerprint density at radius 3 is 1.81 bits per heavy atom. The van der Waals surface area contributed by atoms with Crippen molar-refractivity contribution in [3.63, 3.8) is 0 Å². The Kier molecular flexibility index (Phi) is 4.38. The van der Waals surface area contributed by atoms with Crippen LogP contribution in [0.15, 0.2) is 97.1 Å². The summed E-state index contributed by atoms with van der Waals surface area (Å²) in [5.41, 5.74) is 2.41. The predicted molar refractivity (Wildman–Crippen MR) is 107 cm³/mol. The topological polar surface area (TPSA) is 37.4 Å². The first-order valence-corrected chi connectivity index (χ1v) is 8.96. The number of amides is 1. The van der Waals surface area contributed by atoms with Crippen molar-refractivity contribution in [3.8, 4) is 0 Å². The quantitative estimate of drug-likeness (QED) is 0.489. The van der Waals surface area contributed by atoms with Crippen LogP contribution < -0.4 is 4.90 Å². The molecule has 1 atom stereocenters. The number of nitrogens with zero attached hydrogens (tertiary/aromatic N) is 1. The predicted octanol–water partition coefficient (Wildman–Crippen LogP) is 4.78. The fourth-order valence-electron chi connectivity index (χ4n) is 3.25. The van der Waals surface area contributed by atoms with E-state index in [-0.39, 0.29) is 0 Å². The number of hydrogen-bond acceptors (Lipinski definition) is 2. The molecule has 1 heterocycles. The lowest BCUT2D eigenvalue weighted by Crippen LogP contribution is -2.51. The molecule has 0 N–H and O–H groups in total. The van der Waals surface area contributed by atoms with Crippen molar-refractivity contribution in [2.45, 2.75) is 4.87 Å². The SMILES string of the molecule is O=C1C=C(c2ccccc2)N(c2ccccc2)C(=O)C1(Cl)c1ccccc1. The van der Waals surface area contributed by atoms with E-state index in [1.165, 1.54) is 11.0 Å². The third kappa shape index (κ3) is 2.86. The molecule has 3 aromatic rings. The van der Waals surface area contributed by atoms with E-state index in [1.807, 2.05) is 66.7 Å². The first-order valence-electron chi connectivity index (χ1n) is 8.58. The van der Waals surface area contributed by atoms with Gasteiger partial charge in [-0.05, 0) is 23.3 Å². The third-order valence-corrected chi connectivity index (χ3v) is 5.17. The summed E-state index contributed by atoms with van der Waals surface area (Å²) in [6.07, 6.45) is 1.46. The second-order valence-electron chi connectivity index (χ2n) is 6.26. The number of carbonyl (C=O) groups excluding carboxylic acids is 2. The van der Waals surface area contributed by atoms with Crippen molar-refractivity contribution in [3.05, 3.63) is 108 Å². The molecule has 1 aliphatic heterocycles. The molecule has 132 valence electrons. The van der Waals surface area contributed by atoms with Gasteiger partial charge in [0.25, 0.3) is 5.91 Å². The molecule has 1 unspecified atom stereocenters. The lowest BCUT2D eigenvalue weighted by Gasteiger charge is -2.37. The van der Waals surface area contributed by atoms with E-state index in [1.54, 1.807) is 24.3 Å². The highest BCUT2D eigenvalue weighted by molar-refractivity contribution is 6.52. The van der Waals surface area contributed by atoms with E-state index in [4.69, 9.17) is 11.6 Å². The van der Waals surface area contributed by atoms with Gasteiger partial charge < -0.3 is 0 Å². The lowest BCUT2D eigenvalue weighted by molar-refractivity contribution is -0.128. The molecule has 0 saturated heterocycles. The Labute approximate surface area is 162 Å². The van der Waals surface area contributed by atoms with Gasteiger partial charge in [-0.1, -0.05) is 90.5 Å². The minimum Gasteiger partial charge on any atom is -0.292 e. The van der Waals surface area contributed by atoms with Crippen molar-refractivity contribution in [2.24, 2.45) is 0 Å². The zero-order valence-corrected chi connectivity index (χ0v) is 15.1. The van der Waals surface area contributed by atoms with Crippen LogP contribution >= 0.6 is 11.6 Å². The zero-order chi connectivity index (χ0) is 18.9. The molecule has 3 nitrogen and oxygen atoms in total. The average molecular weight is 374 g/mol. The van der Waals surface area contributed by atoms with E-state index < -0.39 is 16.6 Å². The summed E-state index contributed by atoms with van der Waals surface area (Å²) in [7, 11) is 0. The number of anilines is 1. The number of allylic oxidation sites excluding steroid dienone is 1. The number of alkyl halides is 1. The van der Waals surface area contributed by atoms with E-state index in [2.05, 4.69) is 0 Å². The van der Waals surface area contributed by atoms with Gasteiger partial charge in [0.2, 0.25) is 4.87 Å². The molecule has 1 amide bonds. The molecule has 0 saturated carbocycles. The van der Waals surface area contributed by atoms with Gasteiger partial charge in [0, 0.05) is 11.8 Å². The Balaban J connectivity index is 1.94. The van der Waals surface area contributed by atoms with Gasteiger partial charge in [-0.2, -0.15) is 0 Å². The first kappa shape index (κ1) is 17.3. The highest BCUT2D eigenvalue weighted by Gasteiger charge is 2.51. The van der Waals surface area contributed by atoms with Gasteiger partial charge in [-0.3, -0.25) is 14.5 Å². The summed E-state index contributed by atoms with van der Waals surface area (Å²) < 4.78 is 0. The molecule has 3 aromatic carbocycles. The molecule has 0 aliphatic carbocycles. The van der Waals surface area contributed by atoms with Crippen molar-refractivity contribution in [1.29, 1.82) is 0 Å². The lowest BCUT2D eigenvalue weighted by atomic mass is 9.87.